The van der Waals surface area contributed by atoms with Gasteiger partial charge in [-0.3, -0.25) is 4.90 Å². The van der Waals surface area contributed by atoms with E-state index in [-0.39, 0.29) is 0 Å². The van der Waals surface area contributed by atoms with E-state index in [1.54, 1.807) is 0 Å². The minimum atomic E-state index is 0.460. The van der Waals surface area contributed by atoms with Crippen LogP contribution >= 0.6 is 0 Å². The maximum atomic E-state index is 5.80. The van der Waals surface area contributed by atoms with Crippen molar-refractivity contribution in [2.24, 2.45) is 0 Å². The monoisotopic (exact) mass is 321 g/mol. The van der Waals surface area contributed by atoms with Crippen LogP contribution in [0.15, 0.2) is 65.1 Å². The summed E-state index contributed by atoms with van der Waals surface area (Å²) >= 11 is 0. The van der Waals surface area contributed by atoms with Crippen molar-refractivity contribution in [3.8, 4) is 11.5 Å². The van der Waals surface area contributed by atoms with E-state index in [9.17, 15) is 0 Å². The van der Waals surface area contributed by atoms with Gasteiger partial charge in [-0.25, -0.2) is 0 Å². The quantitative estimate of drug-likeness (QED) is 0.654. The van der Waals surface area contributed by atoms with Crippen molar-refractivity contribution >= 4 is 0 Å². The Bertz CT molecular complexity index is 738. The van der Waals surface area contributed by atoms with Gasteiger partial charge in [0.15, 0.2) is 0 Å². The van der Waals surface area contributed by atoms with E-state index in [1.807, 2.05) is 36.4 Å². The van der Waals surface area contributed by atoms with Crippen LogP contribution in [0.3, 0.4) is 0 Å². The van der Waals surface area contributed by atoms with Crippen molar-refractivity contribution in [1.29, 1.82) is 0 Å². The van der Waals surface area contributed by atoms with E-state index < -0.39 is 0 Å². The topological polar surface area (TPSA) is 42.2 Å². The van der Waals surface area contributed by atoms with Gasteiger partial charge < -0.3 is 4.42 Å². The average molecular weight is 321 g/mol. The molecule has 0 N–H and O–H groups in total. The summed E-state index contributed by atoms with van der Waals surface area (Å²) in [4.78, 5) is 2.42. The highest BCUT2D eigenvalue weighted by Crippen LogP contribution is 2.17. The van der Waals surface area contributed by atoms with Gasteiger partial charge in [-0.2, -0.15) is 0 Å². The van der Waals surface area contributed by atoms with Gasteiger partial charge in [-0.15, -0.1) is 10.2 Å². The normalized spacial score (nSPS) is 11.3. The first-order valence-electron chi connectivity index (χ1n) is 8.38. The molecule has 0 aliphatic carbocycles. The smallest absolute Gasteiger partial charge is 0.247 e. The Hall–Kier alpha value is -2.46. The highest BCUT2D eigenvalue weighted by atomic mass is 16.4. The molecule has 0 spiro atoms. The number of hydrogen-bond acceptors (Lipinski definition) is 4. The third kappa shape index (κ3) is 4.30. The highest BCUT2D eigenvalue weighted by Gasteiger charge is 2.13. The van der Waals surface area contributed by atoms with E-state index >= 15 is 0 Å². The van der Waals surface area contributed by atoms with Crippen molar-refractivity contribution in [3.05, 3.63) is 72.1 Å². The molecule has 4 nitrogen and oxygen atoms in total. The summed E-state index contributed by atoms with van der Waals surface area (Å²) in [5, 5.41) is 8.35. The number of aromatic nitrogens is 2. The minimum Gasteiger partial charge on any atom is -0.421 e. The summed E-state index contributed by atoms with van der Waals surface area (Å²) in [6.07, 6.45) is 0.755. The fourth-order valence-electron chi connectivity index (χ4n) is 2.63. The zero-order valence-corrected chi connectivity index (χ0v) is 14.2. The lowest BCUT2D eigenvalue weighted by molar-refractivity contribution is 0.210. The molecule has 4 heteroatoms. The Kier molecular flexibility index (Phi) is 5.39. The molecule has 2 aromatic carbocycles. The molecular weight excluding hydrogens is 298 g/mol. The summed E-state index contributed by atoms with van der Waals surface area (Å²) in [6, 6.07) is 20.9. The first kappa shape index (κ1) is 16.4. The Labute approximate surface area is 143 Å². The first-order valence-corrected chi connectivity index (χ1v) is 8.38. The molecule has 0 unspecified atom stereocenters. The van der Waals surface area contributed by atoms with E-state index in [1.165, 1.54) is 5.56 Å². The Balaban J connectivity index is 1.62. The molecule has 0 saturated heterocycles. The van der Waals surface area contributed by atoms with Gasteiger partial charge in [0.2, 0.25) is 11.8 Å². The average Bonchev–Trinajstić information content (AvgIpc) is 3.09. The fraction of sp³-hybridized carbons (Fsp3) is 0.300. The molecule has 0 radical (unpaired) electrons. The molecule has 124 valence electrons. The van der Waals surface area contributed by atoms with Crippen LogP contribution in [-0.2, 0) is 13.0 Å². The molecule has 1 heterocycles. The standard InChI is InChI=1S/C20H23N3O/c1-16(2)23(15-17-9-5-3-6-10-17)14-13-19-21-22-20(24-19)18-11-7-4-8-12-18/h3-12,16H,13-15H2,1-2H3. The van der Waals surface area contributed by atoms with Crippen molar-refractivity contribution in [2.45, 2.75) is 32.9 Å². The van der Waals surface area contributed by atoms with Crippen LogP contribution in [0.25, 0.3) is 11.5 Å². The molecule has 1 aromatic heterocycles. The molecule has 3 aromatic rings. The Morgan fingerprint density at radius 3 is 2.25 bits per heavy atom. The summed E-state index contributed by atoms with van der Waals surface area (Å²) in [5.41, 5.74) is 2.28. The van der Waals surface area contributed by atoms with Gasteiger partial charge >= 0.3 is 0 Å². The molecule has 0 aliphatic rings. The maximum absolute atomic E-state index is 5.80. The van der Waals surface area contributed by atoms with Crippen LogP contribution in [0.2, 0.25) is 0 Å². The zero-order valence-electron chi connectivity index (χ0n) is 14.2. The van der Waals surface area contributed by atoms with E-state index in [0.29, 0.717) is 17.8 Å². The molecular formula is C20H23N3O. The third-order valence-corrected chi connectivity index (χ3v) is 4.06. The lowest BCUT2D eigenvalue weighted by Gasteiger charge is -2.25. The molecule has 0 amide bonds. The SMILES string of the molecule is CC(C)N(CCc1nnc(-c2ccccc2)o1)Cc1ccccc1. The van der Waals surface area contributed by atoms with Gasteiger partial charge in [-0.1, -0.05) is 48.5 Å². The number of hydrogen-bond donors (Lipinski definition) is 0. The summed E-state index contributed by atoms with van der Waals surface area (Å²) in [7, 11) is 0. The van der Waals surface area contributed by atoms with Crippen LogP contribution < -0.4 is 0 Å². The van der Waals surface area contributed by atoms with Crippen molar-refractivity contribution in [2.75, 3.05) is 6.54 Å². The third-order valence-electron chi connectivity index (χ3n) is 4.06. The number of benzene rings is 2. The Morgan fingerprint density at radius 2 is 1.58 bits per heavy atom. The second-order valence-electron chi connectivity index (χ2n) is 6.17. The van der Waals surface area contributed by atoms with Crippen molar-refractivity contribution < 1.29 is 4.42 Å². The molecule has 0 bridgehead atoms. The van der Waals surface area contributed by atoms with Crippen molar-refractivity contribution in [1.82, 2.24) is 15.1 Å². The summed E-state index contributed by atoms with van der Waals surface area (Å²) < 4.78 is 5.80. The Morgan fingerprint density at radius 1 is 0.917 bits per heavy atom. The predicted molar refractivity (Wildman–Crippen MR) is 95.4 cm³/mol. The zero-order chi connectivity index (χ0) is 16.8. The highest BCUT2D eigenvalue weighted by molar-refractivity contribution is 5.51. The van der Waals surface area contributed by atoms with Gasteiger partial charge in [-0.05, 0) is 31.5 Å². The molecule has 0 saturated carbocycles. The summed E-state index contributed by atoms with van der Waals surface area (Å²) in [6.45, 7) is 6.25. The van der Waals surface area contributed by atoms with Crippen LogP contribution in [0.5, 0.6) is 0 Å². The summed E-state index contributed by atoms with van der Waals surface area (Å²) in [5.74, 6) is 1.28. The molecule has 0 fully saturated rings. The fourth-order valence-corrected chi connectivity index (χ4v) is 2.63. The van der Waals surface area contributed by atoms with E-state index in [4.69, 9.17) is 4.42 Å². The molecule has 24 heavy (non-hydrogen) atoms. The molecule has 0 aliphatic heterocycles. The van der Waals surface area contributed by atoms with Crippen LogP contribution in [0, 0.1) is 0 Å². The van der Waals surface area contributed by atoms with Gasteiger partial charge in [0.25, 0.3) is 0 Å². The van der Waals surface area contributed by atoms with E-state index in [2.05, 4.69) is 53.2 Å². The van der Waals surface area contributed by atoms with Crippen LogP contribution in [0.1, 0.15) is 25.3 Å². The van der Waals surface area contributed by atoms with Crippen LogP contribution in [0.4, 0.5) is 0 Å². The number of rotatable bonds is 7. The molecule has 0 atom stereocenters. The van der Waals surface area contributed by atoms with E-state index in [0.717, 1.165) is 25.1 Å². The number of nitrogens with zero attached hydrogens (tertiary/aromatic N) is 3. The lowest BCUT2D eigenvalue weighted by Crippen LogP contribution is -2.32. The van der Waals surface area contributed by atoms with Gasteiger partial charge in [0.05, 0.1) is 0 Å². The first-order chi connectivity index (χ1) is 11.7. The maximum Gasteiger partial charge on any atom is 0.247 e. The largest absolute Gasteiger partial charge is 0.421 e. The van der Waals surface area contributed by atoms with Gasteiger partial charge in [0, 0.05) is 31.1 Å². The predicted octanol–water partition coefficient (Wildman–Crippen LogP) is 4.19. The lowest BCUT2D eigenvalue weighted by atomic mass is 10.2. The molecule has 3 rings (SSSR count). The second kappa shape index (κ2) is 7.88. The van der Waals surface area contributed by atoms with Crippen molar-refractivity contribution in [3.63, 3.8) is 0 Å². The van der Waals surface area contributed by atoms with Gasteiger partial charge in [0.1, 0.15) is 0 Å². The minimum absolute atomic E-state index is 0.460. The van der Waals surface area contributed by atoms with Crippen LogP contribution in [-0.4, -0.2) is 27.7 Å². The second-order valence-corrected chi connectivity index (χ2v) is 6.17.